The largest absolute Gasteiger partial charge is 0.376 e. The Morgan fingerprint density at radius 1 is 1.27 bits per heavy atom. The number of piperidine rings is 1. The monoisotopic (exact) mass is 530 g/mol. The molecule has 2 fully saturated rings. The van der Waals surface area contributed by atoms with Crippen LogP contribution in [-0.4, -0.2) is 62.3 Å². The highest BCUT2D eigenvalue weighted by Crippen LogP contribution is 2.18. The van der Waals surface area contributed by atoms with Crippen LogP contribution in [0, 0.1) is 0 Å². The summed E-state index contributed by atoms with van der Waals surface area (Å²) in [7, 11) is 1.82. The number of halogens is 1. The van der Waals surface area contributed by atoms with E-state index in [4.69, 9.17) is 9.47 Å². The van der Waals surface area contributed by atoms with Crippen molar-refractivity contribution >= 4 is 41.5 Å². The van der Waals surface area contributed by atoms with Crippen molar-refractivity contribution in [2.45, 2.75) is 57.8 Å². The number of rotatable bonds is 6. The molecule has 1 amide bonds. The third kappa shape index (κ3) is 8.03. The minimum atomic E-state index is -0.0638. The summed E-state index contributed by atoms with van der Waals surface area (Å²) >= 11 is 0. The van der Waals surface area contributed by atoms with Gasteiger partial charge in [0.15, 0.2) is 5.96 Å². The van der Waals surface area contributed by atoms with Crippen LogP contribution in [0.2, 0.25) is 0 Å². The summed E-state index contributed by atoms with van der Waals surface area (Å²) in [6.07, 6.45) is 6.16. The molecule has 1 aromatic carbocycles. The van der Waals surface area contributed by atoms with Crippen molar-refractivity contribution in [3.8, 4) is 0 Å². The number of nitrogens with zero attached hydrogens (tertiary/aromatic N) is 2. The minimum Gasteiger partial charge on any atom is -0.376 e. The minimum absolute atomic E-state index is 0. The molecule has 2 aliphatic heterocycles. The van der Waals surface area contributed by atoms with Gasteiger partial charge in [0.1, 0.15) is 0 Å². The number of aliphatic imine (C=N–C) groups is 1. The lowest BCUT2D eigenvalue weighted by Crippen LogP contribution is -2.47. The molecule has 2 aliphatic rings. The average Bonchev–Trinajstić information content (AvgIpc) is 2.74. The summed E-state index contributed by atoms with van der Waals surface area (Å²) in [6, 6.07) is 7.86. The zero-order valence-electron chi connectivity index (χ0n) is 18.1. The van der Waals surface area contributed by atoms with Crippen LogP contribution in [0.3, 0.4) is 0 Å². The number of hydrogen-bond donors (Lipinski definition) is 2. The maximum absolute atomic E-state index is 11.2. The van der Waals surface area contributed by atoms with Crippen LogP contribution >= 0.6 is 24.0 Å². The number of carbonyl (C=O) groups is 1. The molecule has 7 nitrogen and oxygen atoms in total. The molecular weight excluding hydrogens is 495 g/mol. The maximum Gasteiger partial charge on any atom is 0.221 e. The van der Waals surface area contributed by atoms with E-state index in [-0.39, 0.29) is 36.0 Å². The van der Waals surface area contributed by atoms with Gasteiger partial charge in [-0.05, 0) is 49.8 Å². The van der Waals surface area contributed by atoms with Crippen LogP contribution in [0.5, 0.6) is 0 Å². The van der Waals surface area contributed by atoms with Gasteiger partial charge in [0, 0.05) is 45.9 Å². The molecule has 0 aliphatic carbocycles. The fraction of sp³-hybridized carbons (Fsp3) is 0.636. The fourth-order valence-electron chi connectivity index (χ4n) is 3.89. The highest BCUT2D eigenvalue weighted by atomic mass is 127. The highest BCUT2D eigenvalue weighted by molar-refractivity contribution is 14.0. The molecule has 0 radical (unpaired) electrons. The van der Waals surface area contributed by atoms with E-state index >= 15 is 0 Å². The third-order valence-corrected chi connectivity index (χ3v) is 5.44. The summed E-state index contributed by atoms with van der Waals surface area (Å²) in [5, 5.41) is 6.26. The van der Waals surface area contributed by atoms with E-state index in [2.05, 4.69) is 20.5 Å². The van der Waals surface area contributed by atoms with Crippen molar-refractivity contribution < 1.29 is 14.3 Å². The van der Waals surface area contributed by atoms with Crippen LogP contribution in [0.15, 0.2) is 29.3 Å². The normalized spacial score (nSPS) is 20.4. The summed E-state index contributed by atoms with van der Waals surface area (Å²) in [5.41, 5.74) is 1.91. The van der Waals surface area contributed by atoms with Crippen molar-refractivity contribution in [1.29, 1.82) is 0 Å². The van der Waals surface area contributed by atoms with Gasteiger partial charge in [-0.1, -0.05) is 12.1 Å². The molecule has 1 atom stereocenters. The molecule has 0 bridgehead atoms. The second-order valence-electron chi connectivity index (χ2n) is 7.79. The molecule has 30 heavy (non-hydrogen) atoms. The predicted molar refractivity (Wildman–Crippen MR) is 130 cm³/mol. The fourth-order valence-corrected chi connectivity index (χ4v) is 3.89. The highest BCUT2D eigenvalue weighted by Gasteiger charge is 2.23. The average molecular weight is 530 g/mol. The zero-order chi connectivity index (χ0) is 20.5. The van der Waals surface area contributed by atoms with Gasteiger partial charge >= 0.3 is 0 Å². The Morgan fingerprint density at radius 3 is 2.73 bits per heavy atom. The molecule has 2 saturated heterocycles. The van der Waals surface area contributed by atoms with Gasteiger partial charge in [-0.3, -0.25) is 9.79 Å². The van der Waals surface area contributed by atoms with Crippen LogP contribution < -0.4 is 10.6 Å². The van der Waals surface area contributed by atoms with E-state index < -0.39 is 0 Å². The Kier molecular flexibility index (Phi) is 10.9. The van der Waals surface area contributed by atoms with Crippen LogP contribution in [0.1, 0.15) is 44.6 Å². The lowest BCUT2D eigenvalue weighted by Gasteiger charge is -2.35. The number of guanidine groups is 1. The van der Waals surface area contributed by atoms with E-state index in [0.717, 1.165) is 62.8 Å². The van der Waals surface area contributed by atoms with Gasteiger partial charge in [-0.15, -0.1) is 24.0 Å². The number of likely N-dealkylation sites (tertiary alicyclic amines) is 1. The topological polar surface area (TPSA) is 75.2 Å². The van der Waals surface area contributed by atoms with Crippen molar-refractivity contribution in [1.82, 2.24) is 10.2 Å². The summed E-state index contributed by atoms with van der Waals surface area (Å²) in [6.45, 7) is 5.64. The Hall–Kier alpha value is -1.39. The lowest BCUT2D eigenvalue weighted by atomic mass is 10.1. The molecule has 2 N–H and O–H groups in total. The first kappa shape index (κ1) is 24.9. The summed E-state index contributed by atoms with van der Waals surface area (Å²) in [4.78, 5) is 18.0. The number of anilines is 1. The molecular formula is C22H35IN4O3. The zero-order valence-corrected chi connectivity index (χ0v) is 20.4. The van der Waals surface area contributed by atoms with Crippen LogP contribution in [0.4, 0.5) is 5.69 Å². The van der Waals surface area contributed by atoms with Gasteiger partial charge in [0.05, 0.1) is 18.8 Å². The number of benzene rings is 1. The van der Waals surface area contributed by atoms with Crippen molar-refractivity contribution in [3.05, 3.63) is 29.8 Å². The first-order valence-corrected chi connectivity index (χ1v) is 10.7. The van der Waals surface area contributed by atoms with Crippen molar-refractivity contribution in [3.63, 3.8) is 0 Å². The summed E-state index contributed by atoms with van der Waals surface area (Å²) < 4.78 is 11.9. The molecule has 168 valence electrons. The number of carbonyl (C=O) groups excluding carboxylic acids is 1. The molecule has 8 heteroatoms. The maximum atomic E-state index is 11.2. The van der Waals surface area contributed by atoms with E-state index in [1.807, 2.05) is 31.3 Å². The van der Waals surface area contributed by atoms with E-state index in [1.54, 1.807) is 0 Å². The lowest BCUT2D eigenvalue weighted by molar-refractivity contribution is -0.114. The van der Waals surface area contributed by atoms with Gasteiger partial charge in [-0.25, -0.2) is 0 Å². The second kappa shape index (κ2) is 13.1. The standard InChI is InChI=1S/C22H34N4O3.HI/c1-17(27)25-19-7-5-6-18(14-19)15-24-22(23-2)26-11-9-20(10-12-26)29-16-21-8-3-4-13-28-21;/h5-7,14,20-21H,3-4,8-13,15-16H2,1-2H3,(H,23,24)(H,25,27);1H. The van der Waals surface area contributed by atoms with E-state index in [0.29, 0.717) is 12.6 Å². The van der Waals surface area contributed by atoms with E-state index in [1.165, 1.54) is 19.8 Å². The molecule has 0 aromatic heterocycles. The number of nitrogens with one attached hydrogen (secondary N) is 2. The first-order valence-electron chi connectivity index (χ1n) is 10.7. The second-order valence-corrected chi connectivity index (χ2v) is 7.79. The van der Waals surface area contributed by atoms with Crippen molar-refractivity contribution in [2.75, 3.05) is 38.7 Å². The number of hydrogen-bond acceptors (Lipinski definition) is 4. The first-order chi connectivity index (χ1) is 14.1. The van der Waals surface area contributed by atoms with E-state index in [9.17, 15) is 4.79 Å². The van der Waals surface area contributed by atoms with Crippen molar-refractivity contribution in [2.24, 2.45) is 4.99 Å². The predicted octanol–water partition coefficient (Wildman–Crippen LogP) is 3.39. The Labute approximate surface area is 197 Å². The molecule has 1 unspecified atom stereocenters. The SMILES string of the molecule is CN=C(NCc1cccc(NC(C)=O)c1)N1CCC(OCC2CCCCO2)CC1.I. The third-order valence-electron chi connectivity index (χ3n) is 5.44. The van der Waals surface area contributed by atoms with Gasteiger partial charge in [0.2, 0.25) is 5.91 Å². The molecule has 2 heterocycles. The summed E-state index contributed by atoms with van der Waals surface area (Å²) in [5.74, 6) is 0.843. The molecule has 0 spiro atoms. The Morgan fingerprint density at radius 2 is 2.07 bits per heavy atom. The van der Waals surface area contributed by atoms with Crippen LogP contribution in [0.25, 0.3) is 0 Å². The number of ether oxygens (including phenoxy) is 2. The molecule has 0 saturated carbocycles. The molecule has 1 aromatic rings. The smallest absolute Gasteiger partial charge is 0.221 e. The van der Waals surface area contributed by atoms with Gasteiger partial charge < -0.3 is 25.0 Å². The quantitative estimate of drug-likeness (QED) is 0.335. The van der Waals surface area contributed by atoms with Gasteiger partial charge in [-0.2, -0.15) is 0 Å². The Balaban J connectivity index is 0.00000320. The Bertz CT molecular complexity index is 687. The van der Waals surface area contributed by atoms with Gasteiger partial charge in [0.25, 0.3) is 0 Å². The molecule has 3 rings (SSSR count). The van der Waals surface area contributed by atoms with Crippen LogP contribution in [-0.2, 0) is 20.8 Å². The number of amides is 1.